The summed E-state index contributed by atoms with van der Waals surface area (Å²) in [6.45, 7) is 5.46. The summed E-state index contributed by atoms with van der Waals surface area (Å²) in [7, 11) is 0. The van der Waals surface area contributed by atoms with Gasteiger partial charge in [0.05, 0.1) is 6.61 Å². The van der Waals surface area contributed by atoms with Crippen molar-refractivity contribution in [2.75, 3.05) is 13.1 Å². The maximum absolute atomic E-state index is 11.3. The zero-order chi connectivity index (χ0) is 14.7. The highest BCUT2D eigenvalue weighted by molar-refractivity contribution is 5.65. The molecular weight excluding hydrogens is 254 g/mol. The number of rotatable bonds is 3. The van der Waals surface area contributed by atoms with Gasteiger partial charge < -0.3 is 15.1 Å². The Morgan fingerprint density at radius 2 is 2.20 bits per heavy atom. The largest absolute Gasteiger partial charge is 0.465 e. The summed E-state index contributed by atoms with van der Waals surface area (Å²) in [6, 6.07) is 6.04. The van der Waals surface area contributed by atoms with Crippen LogP contribution in [0.4, 0.5) is 4.79 Å². The fourth-order valence-electron chi connectivity index (χ4n) is 3.03. The van der Waals surface area contributed by atoms with Crippen molar-refractivity contribution in [1.82, 2.24) is 4.90 Å². The van der Waals surface area contributed by atoms with Gasteiger partial charge in [-0.1, -0.05) is 32.0 Å². The van der Waals surface area contributed by atoms with Gasteiger partial charge in [-0.05, 0) is 35.4 Å². The van der Waals surface area contributed by atoms with Gasteiger partial charge in [0, 0.05) is 19.0 Å². The Kier molecular flexibility index (Phi) is 4.65. The topological polar surface area (TPSA) is 60.8 Å². The summed E-state index contributed by atoms with van der Waals surface area (Å²) < 4.78 is 0. The summed E-state index contributed by atoms with van der Waals surface area (Å²) in [6.07, 6.45) is 0.869. The molecule has 0 saturated heterocycles. The van der Waals surface area contributed by atoms with Crippen LogP contribution in [0.3, 0.4) is 0 Å². The molecule has 0 bridgehead atoms. The molecule has 2 N–H and O–H groups in total. The van der Waals surface area contributed by atoms with E-state index in [-0.39, 0.29) is 12.5 Å². The van der Waals surface area contributed by atoms with Crippen LogP contribution in [0.5, 0.6) is 0 Å². The molecule has 110 valence electrons. The standard InChI is InChI=1S/C16H23NO3/c1-11(2)7-14-9-17(16(19)20)6-5-13-8-12(10-18)3-4-15(13)14/h3-4,8,11,14,18H,5-7,9-10H2,1-2H3,(H,19,20). The van der Waals surface area contributed by atoms with E-state index in [1.54, 1.807) is 0 Å². The lowest BCUT2D eigenvalue weighted by Crippen LogP contribution is -2.33. The predicted octanol–water partition coefficient (Wildman–Crippen LogP) is 2.84. The number of carbonyl (C=O) groups is 1. The number of nitrogens with zero attached hydrogens (tertiary/aromatic N) is 1. The molecule has 0 spiro atoms. The van der Waals surface area contributed by atoms with E-state index in [4.69, 9.17) is 0 Å². The van der Waals surface area contributed by atoms with Crippen molar-refractivity contribution in [3.63, 3.8) is 0 Å². The molecule has 0 saturated carbocycles. The minimum absolute atomic E-state index is 0.0325. The van der Waals surface area contributed by atoms with Crippen LogP contribution in [0.15, 0.2) is 18.2 Å². The van der Waals surface area contributed by atoms with E-state index in [0.717, 1.165) is 18.4 Å². The van der Waals surface area contributed by atoms with Crippen LogP contribution in [-0.4, -0.2) is 34.3 Å². The molecule has 0 aliphatic carbocycles. The number of carboxylic acid groups (broad SMARTS) is 1. The van der Waals surface area contributed by atoms with Gasteiger partial charge in [0.25, 0.3) is 0 Å². The van der Waals surface area contributed by atoms with E-state index in [2.05, 4.69) is 19.9 Å². The molecule has 1 atom stereocenters. The number of hydrogen-bond acceptors (Lipinski definition) is 2. The molecule has 1 amide bonds. The van der Waals surface area contributed by atoms with Crippen molar-refractivity contribution in [1.29, 1.82) is 0 Å². The molecule has 0 aromatic heterocycles. The van der Waals surface area contributed by atoms with Gasteiger partial charge >= 0.3 is 6.09 Å². The maximum Gasteiger partial charge on any atom is 0.407 e. The number of fused-ring (bicyclic) bond motifs is 1. The van der Waals surface area contributed by atoms with E-state index >= 15 is 0 Å². The third-order valence-electron chi connectivity index (χ3n) is 3.95. The summed E-state index contributed by atoms with van der Waals surface area (Å²) in [5.74, 6) is 0.774. The van der Waals surface area contributed by atoms with Gasteiger partial charge in [-0.25, -0.2) is 4.79 Å². The quantitative estimate of drug-likeness (QED) is 0.893. The fraction of sp³-hybridized carbons (Fsp3) is 0.562. The number of aliphatic hydroxyl groups excluding tert-OH is 1. The Morgan fingerprint density at radius 1 is 1.45 bits per heavy atom. The molecule has 4 nitrogen and oxygen atoms in total. The Labute approximate surface area is 120 Å². The molecule has 20 heavy (non-hydrogen) atoms. The summed E-state index contributed by atoms with van der Waals surface area (Å²) in [5.41, 5.74) is 3.33. The first kappa shape index (κ1) is 14.9. The second-order valence-electron chi connectivity index (χ2n) is 6.00. The molecule has 1 aromatic carbocycles. The van der Waals surface area contributed by atoms with Crippen molar-refractivity contribution in [2.24, 2.45) is 5.92 Å². The van der Waals surface area contributed by atoms with Gasteiger partial charge in [0.15, 0.2) is 0 Å². The average Bonchev–Trinajstić information content (AvgIpc) is 2.57. The van der Waals surface area contributed by atoms with Crippen LogP contribution < -0.4 is 0 Å². The van der Waals surface area contributed by atoms with Crippen molar-refractivity contribution < 1.29 is 15.0 Å². The van der Waals surface area contributed by atoms with Crippen LogP contribution in [0.1, 0.15) is 42.9 Å². The zero-order valence-electron chi connectivity index (χ0n) is 12.2. The Morgan fingerprint density at radius 3 is 2.80 bits per heavy atom. The molecule has 1 aliphatic heterocycles. The smallest absolute Gasteiger partial charge is 0.407 e. The Bertz CT molecular complexity index is 485. The number of hydrogen-bond donors (Lipinski definition) is 2. The van der Waals surface area contributed by atoms with Crippen molar-refractivity contribution in [3.05, 3.63) is 34.9 Å². The first-order chi connectivity index (χ1) is 9.51. The summed E-state index contributed by atoms with van der Waals surface area (Å²) >= 11 is 0. The lowest BCUT2D eigenvalue weighted by Gasteiger charge is -2.24. The molecule has 0 fully saturated rings. The van der Waals surface area contributed by atoms with E-state index in [0.29, 0.717) is 19.0 Å². The molecule has 2 rings (SSSR count). The highest BCUT2D eigenvalue weighted by atomic mass is 16.4. The monoisotopic (exact) mass is 277 g/mol. The lowest BCUT2D eigenvalue weighted by molar-refractivity contribution is 0.142. The van der Waals surface area contributed by atoms with Crippen LogP contribution >= 0.6 is 0 Å². The van der Waals surface area contributed by atoms with Crippen molar-refractivity contribution in [2.45, 2.75) is 39.2 Å². The molecule has 1 heterocycles. The van der Waals surface area contributed by atoms with E-state index < -0.39 is 6.09 Å². The first-order valence-electron chi connectivity index (χ1n) is 7.21. The fourth-order valence-corrected chi connectivity index (χ4v) is 3.03. The third kappa shape index (κ3) is 3.31. The van der Waals surface area contributed by atoms with Gasteiger partial charge in [-0.15, -0.1) is 0 Å². The third-order valence-corrected chi connectivity index (χ3v) is 3.95. The summed E-state index contributed by atoms with van der Waals surface area (Å²) in [5, 5.41) is 18.5. The highest BCUT2D eigenvalue weighted by Crippen LogP contribution is 2.31. The molecule has 0 radical (unpaired) electrons. The molecule has 1 aliphatic rings. The zero-order valence-corrected chi connectivity index (χ0v) is 12.2. The Balaban J connectivity index is 2.34. The SMILES string of the molecule is CC(C)CC1CN(C(=O)O)CCc2cc(CO)ccc21. The van der Waals surface area contributed by atoms with Crippen LogP contribution in [0, 0.1) is 5.92 Å². The summed E-state index contributed by atoms with van der Waals surface area (Å²) in [4.78, 5) is 12.8. The van der Waals surface area contributed by atoms with Gasteiger partial charge in [0.1, 0.15) is 0 Å². The molecule has 1 aromatic rings. The molecule has 4 heteroatoms. The van der Waals surface area contributed by atoms with Crippen LogP contribution in [-0.2, 0) is 13.0 Å². The van der Waals surface area contributed by atoms with Gasteiger partial charge in [-0.3, -0.25) is 0 Å². The Hall–Kier alpha value is -1.55. The second-order valence-corrected chi connectivity index (χ2v) is 6.00. The van der Waals surface area contributed by atoms with E-state index in [1.807, 2.05) is 12.1 Å². The average molecular weight is 277 g/mol. The van der Waals surface area contributed by atoms with E-state index in [1.165, 1.54) is 16.0 Å². The minimum Gasteiger partial charge on any atom is -0.465 e. The normalized spacial score (nSPS) is 18.8. The van der Waals surface area contributed by atoms with Crippen LogP contribution in [0.2, 0.25) is 0 Å². The van der Waals surface area contributed by atoms with Gasteiger partial charge in [0.2, 0.25) is 0 Å². The molecular formula is C16H23NO3. The highest BCUT2D eigenvalue weighted by Gasteiger charge is 2.26. The molecule has 1 unspecified atom stereocenters. The predicted molar refractivity (Wildman–Crippen MR) is 77.9 cm³/mol. The minimum atomic E-state index is -0.839. The lowest BCUT2D eigenvalue weighted by atomic mass is 9.86. The number of amides is 1. The van der Waals surface area contributed by atoms with Crippen LogP contribution in [0.25, 0.3) is 0 Å². The van der Waals surface area contributed by atoms with Gasteiger partial charge in [-0.2, -0.15) is 0 Å². The van der Waals surface area contributed by atoms with Crippen molar-refractivity contribution >= 4 is 6.09 Å². The van der Waals surface area contributed by atoms with E-state index in [9.17, 15) is 15.0 Å². The van der Waals surface area contributed by atoms with Crippen molar-refractivity contribution in [3.8, 4) is 0 Å². The number of benzene rings is 1. The second kappa shape index (κ2) is 6.27. The first-order valence-corrected chi connectivity index (χ1v) is 7.21. The maximum atomic E-state index is 11.3. The number of aliphatic hydroxyl groups is 1.